The standard InChI is InChI=1S/C22H16N4/c23-14-13-19(16-7-3-1-4-8-16)18-11-12-20-25-22(24)21(26(20)15-18)17-9-5-2-6-10-17/h1-13,15H,24H2/b19-13-. The van der Waals surface area contributed by atoms with Crippen molar-refractivity contribution < 1.29 is 0 Å². The molecular formula is C22H16N4. The van der Waals surface area contributed by atoms with Crippen LogP contribution in [0.2, 0.25) is 0 Å². The molecule has 2 N–H and O–H groups in total. The zero-order chi connectivity index (χ0) is 17.9. The summed E-state index contributed by atoms with van der Waals surface area (Å²) in [5.74, 6) is 0.485. The number of allylic oxidation sites excluding steroid dienone is 1. The maximum absolute atomic E-state index is 9.24. The Morgan fingerprint density at radius 1 is 0.923 bits per heavy atom. The lowest BCUT2D eigenvalue weighted by Crippen LogP contribution is -1.95. The summed E-state index contributed by atoms with van der Waals surface area (Å²) in [7, 11) is 0. The zero-order valence-electron chi connectivity index (χ0n) is 14.0. The number of nitrogens with two attached hydrogens (primary N) is 1. The summed E-state index contributed by atoms with van der Waals surface area (Å²) in [5.41, 5.74) is 11.6. The number of hydrogen-bond donors (Lipinski definition) is 1. The van der Waals surface area contributed by atoms with Crippen LogP contribution in [0, 0.1) is 11.3 Å². The minimum absolute atomic E-state index is 0.485. The molecule has 0 atom stereocenters. The molecule has 0 aliphatic rings. The van der Waals surface area contributed by atoms with Gasteiger partial charge in [-0.2, -0.15) is 5.26 Å². The van der Waals surface area contributed by atoms with E-state index in [2.05, 4.69) is 11.1 Å². The molecule has 4 heteroatoms. The highest BCUT2D eigenvalue weighted by molar-refractivity contribution is 5.83. The van der Waals surface area contributed by atoms with E-state index in [0.29, 0.717) is 5.82 Å². The fourth-order valence-electron chi connectivity index (χ4n) is 3.12. The Kier molecular flexibility index (Phi) is 3.97. The molecule has 26 heavy (non-hydrogen) atoms. The van der Waals surface area contributed by atoms with Crippen molar-refractivity contribution in [2.45, 2.75) is 0 Å². The topological polar surface area (TPSA) is 67.1 Å². The summed E-state index contributed by atoms with van der Waals surface area (Å²) in [6.07, 6.45) is 3.55. The van der Waals surface area contributed by atoms with E-state index in [1.54, 1.807) is 6.08 Å². The van der Waals surface area contributed by atoms with E-state index in [4.69, 9.17) is 5.73 Å². The van der Waals surface area contributed by atoms with Crippen LogP contribution < -0.4 is 5.73 Å². The fourth-order valence-corrected chi connectivity index (χ4v) is 3.12. The molecule has 2 aromatic heterocycles. The van der Waals surface area contributed by atoms with Gasteiger partial charge in [-0.3, -0.25) is 4.40 Å². The van der Waals surface area contributed by atoms with Gasteiger partial charge < -0.3 is 5.73 Å². The Hall–Kier alpha value is -3.84. The molecule has 124 valence electrons. The highest BCUT2D eigenvalue weighted by Gasteiger charge is 2.13. The molecule has 0 bridgehead atoms. The quantitative estimate of drug-likeness (QED) is 0.559. The van der Waals surface area contributed by atoms with Crippen LogP contribution in [0.25, 0.3) is 22.5 Å². The summed E-state index contributed by atoms with van der Waals surface area (Å²) in [5, 5.41) is 9.24. The average Bonchev–Trinajstić information content (AvgIpc) is 3.02. The lowest BCUT2D eigenvalue weighted by atomic mass is 9.99. The Morgan fingerprint density at radius 2 is 1.62 bits per heavy atom. The summed E-state index contributed by atoms with van der Waals surface area (Å²) in [4.78, 5) is 4.46. The number of nitrogens with zero attached hydrogens (tertiary/aromatic N) is 3. The highest BCUT2D eigenvalue weighted by Crippen LogP contribution is 2.30. The predicted molar refractivity (Wildman–Crippen MR) is 104 cm³/mol. The van der Waals surface area contributed by atoms with Crippen molar-refractivity contribution in [3.8, 4) is 17.3 Å². The largest absolute Gasteiger partial charge is 0.382 e. The molecule has 0 amide bonds. The number of aromatic nitrogens is 2. The highest BCUT2D eigenvalue weighted by atomic mass is 15.1. The molecule has 4 nitrogen and oxygen atoms in total. The third-order valence-electron chi connectivity index (χ3n) is 4.30. The average molecular weight is 336 g/mol. The maximum atomic E-state index is 9.24. The second kappa shape index (κ2) is 6.58. The van der Waals surface area contributed by atoms with Gasteiger partial charge in [0, 0.05) is 23.4 Å². The van der Waals surface area contributed by atoms with Crippen molar-refractivity contribution in [2.24, 2.45) is 0 Å². The molecule has 0 aliphatic heterocycles. The van der Waals surface area contributed by atoms with Crippen LogP contribution in [0.3, 0.4) is 0 Å². The van der Waals surface area contributed by atoms with Crippen LogP contribution in [0.4, 0.5) is 5.82 Å². The summed E-state index contributed by atoms with van der Waals surface area (Å²) < 4.78 is 1.98. The molecular weight excluding hydrogens is 320 g/mol. The van der Waals surface area contributed by atoms with Gasteiger partial charge in [0.1, 0.15) is 5.65 Å². The fraction of sp³-hybridized carbons (Fsp3) is 0. The number of fused-ring (bicyclic) bond motifs is 1. The van der Waals surface area contributed by atoms with Gasteiger partial charge in [-0.15, -0.1) is 0 Å². The summed E-state index contributed by atoms with van der Waals surface area (Å²) in [6.45, 7) is 0. The molecule has 0 saturated heterocycles. The van der Waals surface area contributed by atoms with Crippen LogP contribution in [-0.4, -0.2) is 9.38 Å². The smallest absolute Gasteiger partial charge is 0.150 e. The van der Waals surface area contributed by atoms with E-state index in [1.807, 2.05) is 83.4 Å². The number of nitrogen functional groups attached to an aromatic ring is 1. The van der Waals surface area contributed by atoms with Gasteiger partial charge in [0.15, 0.2) is 5.82 Å². The molecule has 4 rings (SSSR count). The molecule has 0 aliphatic carbocycles. The van der Waals surface area contributed by atoms with E-state index >= 15 is 0 Å². The van der Waals surface area contributed by atoms with Gasteiger partial charge in [0.25, 0.3) is 0 Å². The van der Waals surface area contributed by atoms with Gasteiger partial charge in [-0.25, -0.2) is 4.98 Å². The minimum Gasteiger partial charge on any atom is -0.382 e. The van der Waals surface area contributed by atoms with Crippen LogP contribution in [-0.2, 0) is 0 Å². The van der Waals surface area contributed by atoms with Crippen LogP contribution in [0.15, 0.2) is 85.1 Å². The Labute approximate surface area is 151 Å². The summed E-state index contributed by atoms with van der Waals surface area (Å²) >= 11 is 0. The first-order valence-electron chi connectivity index (χ1n) is 8.26. The molecule has 0 unspecified atom stereocenters. The van der Waals surface area contributed by atoms with E-state index in [9.17, 15) is 5.26 Å². The van der Waals surface area contributed by atoms with E-state index in [0.717, 1.165) is 33.6 Å². The Balaban J connectivity index is 1.93. The molecule has 2 aromatic carbocycles. The van der Waals surface area contributed by atoms with Crippen molar-refractivity contribution in [1.82, 2.24) is 9.38 Å². The Morgan fingerprint density at radius 3 is 2.31 bits per heavy atom. The first kappa shape index (κ1) is 15.7. The molecule has 0 spiro atoms. The lowest BCUT2D eigenvalue weighted by Gasteiger charge is -2.09. The van der Waals surface area contributed by atoms with Crippen LogP contribution in [0.5, 0.6) is 0 Å². The number of imidazole rings is 1. The van der Waals surface area contributed by atoms with E-state index < -0.39 is 0 Å². The zero-order valence-corrected chi connectivity index (χ0v) is 14.0. The molecule has 2 heterocycles. The number of rotatable bonds is 3. The molecule has 4 aromatic rings. The Bertz CT molecular complexity index is 1130. The third-order valence-corrected chi connectivity index (χ3v) is 4.30. The van der Waals surface area contributed by atoms with Crippen LogP contribution >= 0.6 is 0 Å². The van der Waals surface area contributed by atoms with Gasteiger partial charge in [0.2, 0.25) is 0 Å². The number of nitriles is 1. The van der Waals surface area contributed by atoms with Crippen molar-refractivity contribution in [2.75, 3.05) is 5.73 Å². The SMILES string of the molecule is N#C/C=C(/c1ccccc1)c1ccc2nc(N)c(-c3ccccc3)n2c1. The monoisotopic (exact) mass is 336 g/mol. The first-order valence-corrected chi connectivity index (χ1v) is 8.26. The molecule has 0 fully saturated rings. The normalized spacial score (nSPS) is 11.4. The van der Waals surface area contributed by atoms with Crippen LogP contribution in [0.1, 0.15) is 11.1 Å². The predicted octanol–water partition coefficient (Wildman–Crippen LogP) is 4.54. The number of pyridine rings is 1. The summed E-state index contributed by atoms with van der Waals surface area (Å²) in [6, 6.07) is 25.9. The lowest BCUT2D eigenvalue weighted by molar-refractivity contribution is 1.18. The molecule has 0 saturated carbocycles. The van der Waals surface area contributed by atoms with Gasteiger partial charge in [-0.05, 0) is 23.3 Å². The van der Waals surface area contributed by atoms with E-state index in [-0.39, 0.29) is 0 Å². The van der Waals surface area contributed by atoms with Crippen molar-refractivity contribution in [3.05, 3.63) is 96.2 Å². The maximum Gasteiger partial charge on any atom is 0.150 e. The second-order valence-corrected chi connectivity index (χ2v) is 5.91. The van der Waals surface area contributed by atoms with Gasteiger partial charge in [0.05, 0.1) is 11.8 Å². The number of benzene rings is 2. The van der Waals surface area contributed by atoms with Crippen molar-refractivity contribution >= 4 is 17.0 Å². The van der Waals surface area contributed by atoms with E-state index in [1.165, 1.54) is 0 Å². The number of hydrogen-bond acceptors (Lipinski definition) is 3. The van der Waals surface area contributed by atoms with Crippen molar-refractivity contribution in [3.63, 3.8) is 0 Å². The minimum atomic E-state index is 0.485. The first-order chi connectivity index (χ1) is 12.8. The second-order valence-electron chi connectivity index (χ2n) is 5.91. The molecule has 0 radical (unpaired) electrons. The van der Waals surface area contributed by atoms with Gasteiger partial charge >= 0.3 is 0 Å². The third kappa shape index (κ3) is 2.72. The van der Waals surface area contributed by atoms with Gasteiger partial charge in [-0.1, -0.05) is 60.7 Å². The van der Waals surface area contributed by atoms with Crippen molar-refractivity contribution in [1.29, 1.82) is 5.26 Å². The number of anilines is 1.